The van der Waals surface area contributed by atoms with Gasteiger partial charge in [-0.3, -0.25) is 9.59 Å². The summed E-state index contributed by atoms with van der Waals surface area (Å²) < 4.78 is 50.2. The third-order valence-corrected chi connectivity index (χ3v) is 3.49. The smallest absolute Gasteiger partial charge is 0.398 e. The van der Waals surface area contributed by atoms with Crippen LogP contribution in [0.5, 0.6) is 0 Å². The Morgan fingerprint density at radius 3 is 2.62 bits per heavy atom. The van der Waals surface area contributed by atoms with Crippen molar-refractivity contribution < 1.29 is 27.2 Å². The highest BCUT2D eigenvalue weighted by molar-refractivity contribution is 6.08. The van der Waals surface area contributed by atoms with Gasteiger partial charge in [-0.25, -0.2) is 4.39 Å². The Hall–Kier alpha value is -2.12. The van der Waals surface area contributed by atoms with Gasteiger partial charge in [0.05, 0.1) is 6.04 Å². The minimum Gasteiger partial charge on any atom is -0.398 e. The number of rotatable bonds is 1. The second-order valence-corrected chi connectivity index (χ2v) is 4.85. The van der Waals surface area contributed by atoms with E-state index in [1.165, 1.54) is 6.92 Å². The van der Waals surface area contributed by atoms with Crippen LogP contribution in [0.15, 0.2) is 6.07 Å². The molecule has 2 rings (SSSR count). The summed E-state index contributed by atoms with van der Waals surface area (Å²) in [6.07, 6.45) is -4.93. The van der Waals surface area contributed by atoms with Gasteiger partial charge in [0.15, 0.2) is 5.78 Å². The van der Waals surface area contributed by atoms with Crippen molar-refractivity contribution >= 4 is 17.4 Å². The molecule has 1 amide bonds. The van der Waals surface area contributed by atoms with E-state index in [4.69, 9.17) is 5.73 Å². The predicted octanol–water partition coefficient (Wildman–Crippen LogP) is 1.89. The van der Waals surface area contributed by atoms with E-state index < -0.39 is 29.7 Å². The standard InChI is InChI=1S/C13H12F4N2O2/c1-5-6-2-3-9(19-12(21)13(15,16)17)11(20)10(6)8(18)4-7(5)14/h4,9H,2-3,18H2,1H3,(H,19,21). The lowest BCUT2D eigenvalue weighted by molar-refractivity contribution is -0.174. The zero-order valence-corrected chi connectivity index (χ0v) is 11.0. The molecule has 1 atom stereocenters. The largest absolute Gasteiger partial charge is 0.471 e. The van der Waals surface area contributed by atoms with E-state index in [9.17, 15) is 27.2 Å². The molecule has 4 nitrogen and oxygen atoms in total. The maximum Gasteiger partial charge on any atom is 0.471 e. The Bertz CT molecular complexity index is 626. The lowest BCUT2D eigenvalue weighted by atomic mass is 9.83. The number of nitrogens with two attached hydrogens (primary N) is 1. The van der Waals surface area contributed by atoms with Gasteiger partial charge in [-0.1, -0.05) is 0 Å². The number of alkyl halides is 3. The normalized spacial score (nSPS) is 18.3. The van der Waals surface area contributed by atoms with E-state index >= 15 is 0 Å². The lowest BCUT2D eigenvalue weighted by Gasteiger charge is -2.27. The van der Waals surface area contributed by atoms with Crippen molar-refractivity contribution in [3.05, 3.63) is 28.6 Å². The maximum atomic E-state index is 13.5. The van der Waals surface area contributed by atoms with Crippen molar-refractivity contribution in [2.45, 2.75) is 32.0 Å². The number of amides is 1. The van der Waals surface area contributed by atoms with E-state index in [0.717, 1.165) is 6.07 Å². The van der Waals surface area contributed by atoms with Crippen LogP contribution in [-0.2, 0) is 11.2 Å². The van der Waals surface area contributed by atoms with Crippen molar-refractivity contribution in [3.63, 3.8) is 0 Å². The second kappa shape index (κ2) is 5.01. The molecule has 1 aliphatic carbocycles. The summed E-state index contributed by atoms with van der Waals surface area (Å²) in [4.78, 5) is 23.1. The van der Waals surface area contributed by atoms with Crippen molar-refractivity contribution in [1.29, 1.82) is 0 Å². The van der Waals surface area contributed by atoms with Crippen LogP contribution < -0.4 is 11.1 Å². The van der Waals surface area contributed by atoms with E-state index in [0.29, 0.717) is 5.56 Å². The third-order valence-electron chi connectivity index (χ3n) is 3.49. The summed E-state index contributed by atoms with van der Waals surface area (Å²) >= 11 is 0. The highest BCUT2D eigenvalue weighted by Gasteiger charge is 2.42. The van der Waals surface area contributed by atoms with Gasteiger partial charge in [-0.2, -0.15) is 13.2 Å². The molecule has 114 valence electrons. The average molecular weight is 304 g/mol. The SMILES string of the molecule is Cc1c(F)cc(N)c2c1CCC(NC(=O)C(F)(F)F)C2=O. The first-order chi connectivity index (χ1) is 9.62. The number of nitrogens with one attached hydrogen (secondary N) is 1. The van der Waals surface area contributed by atoms with Crippen LogP contribution in [0.3, 0.4) is 0 Å². The predicted molar refractivity (Wildman–Crippen MR) is 66.2 cm³/mol. The van der Waals surface area contributed by atoms with Crippen LogP contribution >= 0.6 is 0 Å². The van der Waals surface area contributed by atoms with Gasteiger partial charge in [0.2, 0.25) is 0 Å². The molecule has 21 heavy (non-hydrogen) atoms. The maximum absolute atomic E-state index is 13.5. The Labute approximate surface area is 117 Å². The number of fused-ring (bicyclic) bond motifs is 1. The van der Waals surface area contributed by atoms with Crippen molar-refractivity contribution in [3.8, 4) is 0 Å². The molecule has 3 N–H and O–H groups in total. The van der Waals surface area contributed by atoms with Gasteiger partial charge in [0, 0.05) is 11.3 Å². The topological polar surface area (TPSA) is 72.2 Å². The first-order valence-electron chi connectivity index (χ1n) is 6.12. The molecule has 0 heterocycles. The van der Waals surface area contributed by atoms with E-state index in [2.05, 4.69) is 0 Å². The molecule has 0 bridgehead atoms. The fourth-order valence-electron chi connectivity index (χ4n) is 2.40. The Morgan fingerprint density at radius 1 is 1.43 bits per heavy atom. The van der Waals surface area contributed by atoms with Gasteiger partial charge < -0.3 is 11.1 Å². The molecule has 0 radical (unpaired) electrons. The first kappa shape index (κ1) is 15.3. The molecule has 0 saturated carbocycles. The van der Waals surface area contributed by atoms with Gasteiger partial charge in [0.25, 0.3) is 0 Å². The second-order valence-electron chi connectivity index (χ2n) is 4.85. The summed E-state index contributed by atoms with van der Waals surface area (Å²) in [6, 6.07) is -0.348. The van der Waals surface area contributed by atoms with Crippen molar-refractivity contribution in [1.82, 2.24) is 5.32 Å². The molecule has 1 aromatic carbocycles. The highest BCUT2D eigenvalue weighted by Crippen LogP contribution is 2.31. The number of Topliss-reactive ketones (excluding diaryl/α,β-unsaturated/α-hetero) is 1. The molecule has 0 aromatic heterocycles. The lowest BCUT2D eigenvalue weighted by Crippen LogP contribution is -2.48. The number of nitrogen functional groups attached to an aromatic ring is 1. The number of anilines is 1. The number of benzene rings is 1. The Balaban J connectivity index is 2.34. The zero-order chi connectivity index (χ0) is 15.9. The fourth-order valence-corrected chi connectivity index (χ4v) is 2.40. The van der Waals surface area contributed by atoms with Gasteiger partial charge in [-0.15, -0.1) is 0 Å². The molecule has 1 aliphatic rings. The molecule has 0 saturated heterocycles. The van der Waals surface area contributed by atoms with Crippen LogP contribution in [-0.4, -0.2) is 23.9 Å². The van der Waals surface area contributed by atoms with E-state index in [-0.39, 0.29) is 29.7 Å². The Kier molecular flexibility index (Phi) is 3.65. The Morgan fingerprint density at radius 2 is 2.05 bits per heavy atom. The van der Waals surface area contributed by atoms with Crippen molar-refractivity contribution in [2.75, 3.05) is 5.73 Å². The number of halogens is 4. The zero-order valence-electron chi connectivity index (χ0n) is 11.0. The van der Waals surface area contributed by atoms with E-state index in [1.807, 2.05) is 0 Å². The quantitative estimate of drug-likeness (QED) is 0.615. The number of ketones is 1. The molecule has 8 heteroatoms. The van der Waals surface area contributed by atoms with Crippen LogP contribution in [0.4, 0.5) is 23.2 Å². The van der Waals surface area contributed by atoms with Crippen LogP contribution in [0.25, 0.3) is 0 Å². The monoisotopic (exact) mass is 304 g/mol. The molecule has 0 spiro atoms. The summed E-state index contributed by atoms with van der Waals surface area (Å²) in [7, 11) is 0. The molecule has 1 unspecified atom stereocenters. The number of hydrogen-bond donors (Lipinski definition) is 2. The van der Waals surface area contributed by atoms with E-state index in [1.54, 1.807) is 5.32 Å². The fraction of sp³-hybridized carbons (Fsp3) is 0.385. The summed E-state index contributed by atoms with van der Waals surface area (Å²) in [6.45, 7) is 1.47. The van der Waals surface area contributed by atoms with Gasteiger partial charge in [-0.05, 0) is 37.0 Å². The minimum atomic E-state index is -5.06. The molecule has 1 aromatic rings. The summed E-state index contributed by atoms with van der Waals surface area (Å²) in [5.41, 5.74) is 6.07. The number of carbonyl (C=O) groups is 2. The summed E-state index contributed by atoms with van der Waals surface area (Å²) in [5.74, 6) is -3.48. The van der Waals surface area contributed by atoms with Gasteiger partial charge in [0.1, 0.15) is 5.82 Å². The van der Waals surface area contributed by atoms with Crippen LogP contribution in [0.2, 0.25) is 0 Å². The molecular formula is C13H12F4N2O2. The first-order valence-corrected chi connectivity index (χ1v) is 6.12. The van der Waals surface area contributed by atoms with Crippen molar-refractivity contribution in [2.24, 2.45) is 0 Å². The summed E-state index contributed by atoms with van der Waals surface area (Å²) in [5, 5.41) is 1.65. The minimum absolute atomic E-state index is 0.00683. The molecular weight excluding hydrogens is 292 g/mol. The number of carbonyl (C=O) groups excluding carboxylic acids is 2. The van der Waals surface area contributed by atoms with Crippen LogP contribution in [0.1, 0.15) is 27.9 Å². The highest BCUT2D eigenvalue weighted by atomic mass is 19.4. The van der Waals surface area contributed by atoms with Gasteiger partial charge >= 0.3 is 12.1 Å². The van der Waals surface area contributed by atoms with Crippen LogP contribution in [0, 0.1) is 12.7 Å². The third kappa shape index (κ3) is 2.70. The molecule has 0 fully saturated rings. The molecule has 0 aliphatic heterocycles. The number of hydrogen-bond acceptors (Lipinski definition) is 3. The average Bonchev–Trinajstić information content (AvgIpc) is 2.37.